The highest BCUT2D eigenvalue weighted by molar-refractivity contribution is 7.99. The molecule has 0 bridgehead atoms. The third-order valence-electron chi connectivity index (χ3n) is 2.23. The van der Waals surface area contributed by atoms with Gasteiger partial charge in [0, 0.05) is 31.1 Å². The van der Waals surface area contributed by atoms with Crippen LogP contribution in [0.4, 0.5) is 5.82 Å². The zero-order valence-electron chi connectivity index (χ0n) is 7.86. The average Bonchev–Trinajstić information content (AvgIpc) is 2.53. The van der Waals surface area contributed by atoms with E-state index >= 15 is 0 Å². The highest BCUT2D eigenvalue weighted by Crippen LogP contribution is 2.19. The second kappa shape index (κ2) is 4.05. The highest BCUT2D eigenvalue weighted by atomic mass is 32.2. The fourth-order valence-corrected chi connectivity index (χ4v) is 2.63. The first-order valence-electron chi connectivity index (χ1n) is 4.68. The van der Waals surface area contributed by atoms with Gasteiger partial charge in [0.05, 0.1) is 0 Å². The lowest BCUT2D eigenvalue weighted by molar-refractivity contribution is 0.676. The Balaban J connectivity index is 1.89. The summed E-state index contributed by atoms with van der Waals surface area (Å²) < 4.78 is 1.83. The smallest absolute Gasteiger partial charge is 0.148 e. The van der Waals surface area contributed by atoms with Gasteiger partial charge in [-0.2, -0.15) is 16.9 Å². The van der Waals surface area contributed by atoms with E-state index in [2.05, 4.69) is 10.4 Å². The first-order valence-corrected chi connectivity index (χ1v) is 5.84. The molecule has 0 aliphatic carbocycles. The second-order valence-electron chi connectivity index (χ2n) is 3.43. The molecule has 3 nitrogen and oxygen atoms in total. The molecular weight excluding hydrogens is 182 g/mol. The van der Waals surface area contributed by atoms with Gasteiger partial charge in [-0.05, 0) is 18.6 Å². The number of nitrogens with zero attached hydrogens (tertiary/aromatic N) is 2. The van der Waals surface area contributed by atoms with Crippen LogP contribution in [0.3, 0.4) is 0 Å². The van der Waals surface area contributed by atoms with Gasteiger partial charge in [0.15, 0.2) is 0 Å². The first kappa shape index (κ1) is 8.94. The van der Waals surface area contributed by atoms with Crippen molar-refractivity contribution in [1.29, 1.82) is 0 Å². The number of thioether (sulfide) groups is 1. The number of hydrogen-bond donors (Lipinski definition) is 1. The van der Waals surface area contributed by atoms with Crippen LogP contribution in [0.2, 0.25) is 0 Å². The van der Waals surface area contributed by atoms with Gasteiger partial charge in [0.2, 0.25) is 0 Å². The van der Waals surface area contributed by atoms with Crippen molar-refractivity contribution < 1.29 is 0 Å². The summed E-state index contributed by atoms with van der Waals surface area (Å²) in [5.41, 5.74) is 0. The maximum Gasteiger partial charge on any atom is 0.148 e. The van der Waals surface area contributed by atoms with Crippen LogP contribution in [0.1, 0.15) is 12.8 Å². The molecular formula is C9H15N3S. The van der Waals surface area contributed by atoms with E-state index in [0.717, 1.165) is 5.82 Å². The van der Waals surface area contributed by atoms with Crippen molar-refractivity contribution in [1.82, 2.24) is 9.78 Å². The molecule has 1 saturated heterocycles. The van der Waals surface area contributed by atoms with Gasteiger partial charge in [-0.15, -0.1) is 0 Å². The zero-order chi connectivity index (χ0) is 9.10. The van der Waals surface area contributed by atoms with Crippen molar-refractivity contribution >= 4 is 17.6 Å². The fraction of sp³-hybridized carbons (Fsp3) is 0.667. The lowest BCUT2D eigenvalue weighted by Gasteiger charge is -2.22. The summed E-state index contributed by atoms with van der Waals surface area (Å²) in [6.45, 7) is 0. The molecule has 0 unspecified atom stereocenters. The molecule has 0 spiro atoms. The maximum absolute atomic E-state index is 4.30. The van der Waals surface area contributed by atoms with Crippen molar-refractivity contribution in [2.24, 2.45) is 7.05 Å². The summed E-state index contributed by atoms with van der Waals surface area (Å²) in [6.07, 6.45) is 4.58. The number of hydrogen-bond acceptors (Lipinski definition) is 3. The van der Waals surface area contributed by atoms with Gasteiger partial charge in [-0.1, -0.05) is 0 Å². The monoisotopic (exact) mass is 197 g/mol. The molecule has 13 heavy (non-hydrogen) atoms. The molecule has 1 fully saturated rings. The topological polar surface area (TPSA) is 29.9 Å². The Morgan fingerprint density at radius 2 is 2.62 bits per heavy atom. The van der Waals surface area contributed by atoms with E-state index < -0.39 is 0 Å². The molecule has 1 aliphatic heterocycles. The largest absolute Gasteiger partial charge is 0.365 e. The molecule has 1 N–H and O–H groups in total. The van der Waals surface area contributed by atoms with Crippen LogP contribution in [0.5, 0.6) is 0 Å². The number of nitrogens with one attached hydrogen (secondary N) is 1. The normalized spacial score (nSPS) is 23.0. The molecule has 1 aromatic rings. The van der Waals surface area contributed by atoms with Gasteiger partial charge in [0.25, 0.3) is 0 Å². The molecule has 1 aromatic heterocycles. The minimum absolute atomic E-state index is 0.619. The van der Waals surface area contributed by atoms with Crippen LogP contribution < -0.4 is 5.32 Å². The Labute approximate surface area is 82.9 Å². The second-order valence-corrected chi connectivity index (χ2v) is 4.58. The SMILES string of the molecule is Cn1ccc(N[C@H]2CCCSC2)n1. The van der Waals surface area contributed by atoms with Crippen LogP contribution in [0.15, 0.2) is 12.3 Å². The van der Waals surface area contributed by atoms with Gasteiger partial charge in [-0.3, -0.25) is 4.68 Å². The van der Waals surface area contributed by atoms with Crippen molar-refractivity contribution in [3.63, 3.8) is 0 Å². The van der Waals surface area contributed by atoms with Crippen molar-refractivity contribution in [3.8, 4) is 0 Å². The highest BCUT2D eigenvalue weighted by Gasteiger charge is 2.13. The first-order chi connectivity index (χ1) is 6.34. The summed E-state index contributed by atoms with van der Waals surface area (Å²) in [7, 11) is 1.95. The number of rotatable bonds is 2. The van der Waals surface area contributed by atoms with Gasteiger partial charge < -0.3 is 5.32 Å². The van der Waals surface area contributed by atoms with Crippen molar-refractivity contribution in [2.45, 2.75) is 18.9 Å². The van der Waals surface area contributed by atoms with E-state index in [1.807, 2.05) is 35.8 Å². The Bertz CT molecular complexity index is 266. The molecule has 4 heteroatoms. The van der Waals surface area contributed by atoms with E-state index in [-0.39, 0.29) is 0 Å². The van der Waals surface area contributed by atoms with Crippen LogP contribution in [0.25, 0.3) is 0 Å². The lowest BCUT2D eigenvalue weighted by Crippen LogP contribution is -2.25. The van der Waals surface area contributed by atoms with Gasteiger partial charge in [-0.25, -0.2) is 0 Å². The fourth-order valence-electron chi connectivity index (χ4n) is 1.56. The standard InChI is InChI=1S/C9H15N3S/c1-12-5-4-9(11-12)10-8-3-2-6-13-7-8/h4-5,8H,2-3,6-7H2,1H3,(H,10,11)/t8-/m0/s1. The third kappa shape index (κ3) is 2.40. The zero-order valence-corrected chi connectivity index (χ0v) is 8.68. The number of aromatic nitrogens is 2. The van der Waals surface area contributed by atoms with Crippen molar-refractivity contribution in [3.05, 3.63) is 12.3 Å². The van der Waals surface area contributed by atoms with Gasteiger partial charge in [0.1, 0.15) is 5.82 Å². The molecule has 2 rings (SSSR count). The summed E-state index contributed by atoms with van der Waals surface area (Å²) in [6, 6.07) is 2.65. The summed E-state index contributed by atoms with van der Waals surface area (Å²) >= 11 is 2.03. The predicted octanol–water partition coefficient (Wildman–Crippen LogP) is 1.73. The Morgan fingerprint density at radius 3 is 3.23 bits per heavy atom. The van der Waals surface area contributed by atoms with E-state index in [0.29, 0.717) is 6.04 Å². The minimum Gasteiger partial charge on any atom is -0.365 e. The van der Waals surface area contributed by atoms with Crippen molar-refractivity contribution in [2.75, 3.05) is 16.8 Å². The minimum atomic E-state index is 0.619. The third-order valence-corrected chi connectivity index (χ3v) is 3.44. The van der Waals surface area contributed by atoms with E-state index in [1.54, 1.807) is 0 Å². The lowest BCUT2D eigenvalue weighted by atomic mass is 10.2. The molecule has 72 valence electrons. The van der Waals surface area contributed by atoms with Crippen LogP contribution >= 0.6 is 11.8 Å². The summed E-state index contributed by atoms with van der Waals surface area (Å²) in [5.74, 6) is 3.55. The maximum atomic E-state index is 4.30. The molecule has 0 saturated carbocycles. The molecule has 0 amide bonds. The average molecular weight is 197 g/mol. The van der Waals surface area contributed by atoms with Crippen LogP contribution in [-0.2, 0) is 7.05 Å². The van der Waals surface area contributed by atoms with Crippen LogP contribution in [-0.4, -0.2) is 27.3 Å². The Hall–Kier alpha value is -0.640. The van der Waals surface area contributed by atoms with E-state index in [9.17, 15) is 0 Å². The molecule has 1 aliphatic rings. The Kier molecular flexibility index (Phi) is 2.78. The molecule has 0 aromatic carbocycles. The predicted molar refractivity (Wildman–Crippen MR) is 57.2 cm³/mol. The number of anilines is 1. The Morgan fingerprint density at radius 1 is 1.69 bits per heavy atom. The summed E-state index contributed by atoms with van der Waals surface area (Å²) in [4.78, 5) is 0. The van der Waals surface area contributed by atoms with Gasteiger partial charge >= 0.3 is 0 Å². The number of aryl methyl sites for hydroxylation is 1. The van der Waals surface area contributed by atoms with Crippen LogP contribution in [0, 0.1) is 0 Å². The molecule has 1 atom stereocenters. The van der Waals surface area contributed by atoms with E-state index in [1.165, 1.54) is 24.3 Å². The molecule has 0 radical (unpaired) electrons. The quantitative estimate of drug-likeness (QED) is 0.783. The molecule has 2 heterocycles. The van der Waals surface area contributed by atoms with E-state index in [4.69, 9.17) is 0 Å². The summed E-state index contributed by atoms with van der Waals surface area (Å²) in [5, 5.41) is 7.75.